The molecule has 0 spiro atoms. The van der Waals surface area contributed by atoms with Gasteiger partial charge in [-0.25, -0.2) is 0 Å². The first-order valence-electron chi connectivity index (χ1n) is 7.30. The van der Waals surface area contributed by atoms with Crippen LogP contribution in [-0.2, 0) is 0 Å². The van der Waals surface area contributed by atoms with Gasteiger partial charge in [-0.1, -0.05) is 42.5 Å². The fraction of sp³-hybridized carbons (Fsp3) is 0.278. The third kappa shape index (κ3) is 2.85. The van der Waals surface area contributed by atoms with Crippen molar-refractivity contribution < 1.29 is 4.74 Å². The van der Waals surface area contributed by atoms with Crippen molar-refractivity contribution in [2.75, 3.05) is 18.1 Å². The Morgan fingerprint density at radius 1 is 1.10 bits per heavy atom. The number of benzene rings is 2. The Balaban J connectivity index is 2.01. The Bertz CT molecular complexity index is 633. The summed E-state index contributed by atoms with van der Waals surface area (Å²) >= 11 is 0. The summed E-state index contributed by atoms with van der Waals surface area (Å²) < 4.78 is 5.82. The minimum Gasteiger partial charge on any atom is -0.491 e. The molecule has 3 rings (SSSR count). The summed E-state index contributed by atoms with van der Waals surface area (Å²) in [6.45, 7) is 1.62. The molecule has 0 bridgehead atoms. The third-order valence-electron chi connectivity index (χ3n) is 3.82. The average molecular weight is 278 g/mol. The minimum atomic E-state index is 0.0686. The van der Waals surface area contributed by atoms with Crippen molar-refractivity contribution in [2.45, 2.75) is 18.9 Å². The quantitative estimate of drug-likeness (QED) is 0.853. The Morgan fingerprint density at radius 2 is 1.86 bits per heavy atom. The van der Waals surface area contributed by atoms with Gasteiger partial charge in [0.2, 0.25) is 0 Å². The van der Waals surface area contributed by atoms with Crippen molar-refractivity contribution in [3.63, 3.8) is 0 Å². The van der Waals surface area contributed by atoms with Crippen LogP contribution in [0.1, 0.15) is 24.4 Å². The minimum absolute atomic E-state index is 0.0686. The average Bonchev–Trinajstić information content (AvgIpc) is 2.76. The zero-order chi connectivity index (χ0) is 14.5. The second-order valence-electron chi connectivity index (χ2n) is 5.15. The van der Waals surface area contributed by atoms with E-state index in [1.54, 1.807) is 0 Å². The van der Waals surface area contributed by atoms with Crippen LogP contribution in [0, 0.1) is 11.3 Å². The number of fused-ring (bicyclic) bond motifs is 1. The molecule has 1 unspecified atom stereocenters. The molecule has 1 aliphatic rings. The highest BCUT2D eigenvalue weighted by molar-refractivity contribution is 5.60. The molecule has 2 aromatic carbocycles. The van der Waals surface area contributed by atoms with Gasteiger partial charge in [0.25, 0.3) is 0 Å². The van der Waals surface area contributed by atoms with Crippen molar-refractivity contribution in [3.8, 4) is 11.8 Å². The SMILES string of the molecule is N#CCC(c1ccccc1)N1CCCOc2ccccc21. The number of nitrogens with zero attached hydrogens (tertiary/aromatic N) is 2. The summed E-state index contributed by atoms with van der Waals surface area (Å²) in [6.07, 6.45) is 1.43. The molecule has 0 amide bonds. The van der Waals surface area contributed by atoms with E-state index in [2.05, 4.69) is 29.2 Å². The van der Waals surface area contributed by atoms with E-state index in [-0.39, 0.29) is 6.04 Å². The fourth-order valence-corrected chi connectivity index (χ4v) is 2.85. The number of nitriles is 1. The third-order valence-corrected chi connectivity index (χ3v) is 3.82. The fourth-order valence-electron chi connectivity index (χ4n) is 2.85. The molecule has 21 heavy (non-hydrogen) atoms. The lowest BCUT2D eigenvalue weighted by Gasteiger charge is -2.32. The Kier molecular flexibility index (Phi) is 4.07. The van der Waals surface area contributed by atoms with E-state index in [9.17, 15) is 5.26 Å². The molecule has 1 atom stereocenters. The van der Waals surface area contributed by atoms with Crippen molar-refractivity contribution in [1.82, 2.24) is 0 Å². The van der Waals surface area contributed by atoms with Crippen molar-refractivity contribution in [3.05, 3.63) is 60.2 Å². The van der Waals surface area contributed by atoms with E-state index in [0.717, 1.165) is 31.0 Å². The van der Waals surface area contributed by atoms with Crippen LogP contribution in [0.3, 0.4) is 0 Å². The normalized spacial score (nSPS) is 15.3. The van der Waals surface area contributed by atoms with E-state index in [0.29, 0.717) is 6.42 Å². The zero-order valence-electron chi connectivity index (χ0n) is 11.9. The van der Waals surface area contributed by atoms with E-state index in [1.165, 1.54) is 5.56 Å². The maximum absolute atomic E-state index is 9.24. The van der Waals surface area contributed by atoms with Crippen molar-refractivity contribution in [2.24, 2.45) is 0 Å². The molecular weight excluding hydrogens is 260 g/mol. The lowest BCUT2D eigenvalue weighted by atomic mass is 10.0. The summed E-state index contributed by atoms with van der Waals surface area (Å²) in [5.74, 6) is 0.911. The summed E-state index contributed by atoms with van der Waals surface area (Å²) in [4.78, 5) is 2.31. The largest absolute Gasteiger partial charge is 0.491 e. The Hall–Kier alpha value is -2.47. The Morgan fingerprint density at radius 3 is 2.67 bits per heavy atom. The molecule has 1 heterocycles. The number of hydrogen-bond acceptors (Lipinski definition) is 3. The molecule has 3 heteroatoms. The van der Waals surface area contributed by atoms with Crippen LogP contribution in [0.2, 0.25) is 0 Å². The number of rotatable bonds is 3. The van der Waals surface area contributed by atoms with E-state index < -0.39 is 0 Å². The lowest BCUT2D eigenvalue weighted by molar-refractivity contribution is 0.322. The monoisotopic (exact) mass is 278 g/mol. The van der Waals surface area contributed by atoms with Crippen LogP contribution >= 0.6 is 0 Å². The molecule has 0 radical (unpaired) electrons. The van der Waals surface area contributed by atoms with E-state index in [1.807, 2.05) is 36.4 Å². The summed E-state index contributed by atoms with van der Waals surface area (Å²) in [5, 5.41) is 9.24. The summed E-state index contributed by atoms with van der Waals surface area (Å²) in [5.41, 5.74) is 2.26. The molecule has 3 nitrogen and oxygen atoms in total. The first-order chi connectivity index (χ1) is 10.4. The molecule has 0 aliphatic carbocycles. The Labute approximate surface area is 125 Å². The van der Waals surface area contributed by atoms with Gasteiger partial charge in [0.15, 0.2) is 0 Å². The molecule has 0 fully saturated rings. The van der Waals surface area contributed by atoms with Gasteiger partial charge in [0.05, 0.1) is 30.8 Å². The predicted molar refractivity (Wildman–Crippen MR) is 83.3 cm³/mol. The van der Waals surface area contributed by atoms with Gasteiger partial charge in [-0.05, 0) is 24.1 Å². The van der Waals surface area contributed by atoms with Gasteiger partial charge in [-0.15, -0.1) is 0 Å². The first-order valence-corrected chi connectivity index (χ1v) is 7.30. The van der Waals surface area contributed by atoms with Crippen LogP contribution in [0.25, 0.3) is 0 Å². The molecule has 0 saturated carbocycles. The summed E-state index contributed by atoms with van der Waals surface area (Å²) in [7, 11) is 0. The maximum Gasteiger partial charge on any atom is 0.142 e. The second kappa shape index (κ2) is 6.32. The van der Waals surface area contributed by atoms with Gasteiger partial charge in [-0.3, -0.25) is 0 Å². The summed E-state index contributed by atoms with van der Waals surface area (Å²) in [6, 6.07) is 20.7. The van der Waals surface area contributed by atoms with Crippen LogP contribution in [0.5, 0.6) is 5.75 Å². The number of ether oxygens (including phenoxy) is 1. The smallest absolute Gasteiger partial charge is 0.142 e. The second-order valence-corrected chi connectivity index (χ2v) is 5.15. The van der Waals surface area contributed by atoms with Crippen molar-refractivity contribution >= 4 is 5.69 Å². The number of hydrogen-bond donors (Lipinski definition) is 0. The zero-order valence-corrected chi connectivity index (χ0v) is 11.9. The molecular formula is C18H18N2O. The van der Waals surface area contributed by atoms with E-state index >= 15 is 0 Å². The molecule has 0 saturated heterocycles. The molecule has 0 N–H and O–H groups in total. The standard InChI is InChI=1S/C18H18N2O/c19-12-11-16(15-7-2-1-3-8-15)20-13-6-14-21-18-10-5-4-9-17(18)20/h1-5,7-10,16H,6,11,13-14H2. The highest BCUT2D eigenvalue weighted by atomic mass is 16.5. The molecule has 1 aliphatic heterocycles. The number of para-hydroxylation sites is 2. The van der Waals surface area contributed by atoms with Crippen LogP contribution in [-0.4, -0.2) is 13.2 Å². The van der Waals surface area contributed by atoms with Gasteiger partial charge in [0, 0.05) is 6.54 Å². The number of anilines is 1. The van der Waals surface area contributed by atoms with Crippen LogP contribution in [0.15, 0.2) is 54.6 Å². The predicted octanol–water partition coefficient (Wildman–Crippen LogP) is 3.93. The highest BCUT2D eigenvalue weighted by Crippen LogP contribution is 2.37. The lowest BCUT2D eigenvalue weighted by Crippen LogP contribution is -2.29. The van der Waals surface area contributed by atoms with Crippen molar-refractivity contribution in [1.29, 1.82) is 5.26 Å². The molecule has 0 aromatic heterocycles. The molecule has 2 aromatic rings. The van der Waals surface area contributed by atoms with Gasteiger partial charge >= 0.3 is 0 Å². The maximum atomic E-state index is 9.24. The van der Waals surface area contributed by atoms with Crippen LogP contribution in [0.4, 0.5) is 5.69 Å². The molecule has 106 valence electrons. The first kappa shape index (κ1) is 13.5. The van der Waals surface area contributed by atoms with Gasteiger partial charge in [0.1, 0.15) is 5.75 Å². The van der Waals surface area contributed by atoms with Gasteiger partial charge < -0.3 is 9.64 Å². The topological polar surface area (TPSA) is 36.3 Å². The highest BCUT2D eigenvalue weighted by Gasteiger charge is 2.24. The van der Waals surface area contributed by atoms with Gasteiger partial charge in [-0.2, -0.15) is 5.26 Å². The van der Waals surface area contributed by atoms with Crippen LogP contribution < -0.4 is 9.64 Å². The van der Waals surface area contributed by atoms with E-state index in [4.69, 9.17) is 4.74 Å².